The van der Waals surface area contributed by atoms with Crippen molar-refractivity contribution in [2.45, 2.75) is 39.5 Å². The molecule has 0 aliphatic heterocycles. The van der Waals surface area contributed by atoms with Gasteiger partial charge in [-0.05, 0) is 24.5 Å². The molecule has 0 radical (unpaired) electrons. The molecule has 0 atom stereocenters. The average molecular weight is 152 g/mol. The van der Waals surface area contributed by atoms with Crippen LogP contribution in [0.5, 0.6) is 0 Å². The minimum absolute atomic E-state index is 1.01. The summed E-state index contributed by atoms with van der Waals surface area (Å²) in [6.07, 6.45) is 6.58. The molecule has 1 rings (SSSR count). The van der Waals surface area contributed by atoms with E-state index in [1.165, 1.54) is 24.8 Å². The zero-order valence-electron chi connectivity index (χ0n) is 7.39. The van der Waals surface area contributed by atoms with Gasteiger partial charge in [0.1, 0.15) is 5.76 Å². The standard InChI is InChI=1S/C10H16O/c1-3-5-6-9-7-10(4-2)11-8-9/h7-8H,3-6H2,1-2H3. The first-order chi connectivity index (χ1) is 5.36. The molecule has 0 unspecified atom stereocenters. The van der Waals surface area contributed by atoms with Gasteiger partial charge in [-0.15, -0.1) is 0 Å². The number of furan rings is 1. The predicted octanol–water partition coefficient (Wildman–Crippen LogP) is 3.18. The molecule has 62 valence electrons. The van der Waals surface area contributed by atoms with Crippen LogP contribution in [0.1, 0.15) is 38.0 Å². The van der Waals surface area contributed by atoms with Crippen molar-refractivity contribution in [3.8, 4) is 0 Å². The van der Waals surface area contributed by atoms with E-state index in [4.69, 9.17) is 4.42 Å². The minimum atomic E-state index is 1.01. The quantitative estimate of drug-likeness (QED) is 0.645. The summed E-state index contributed by atoms with van der Waals surface area (Å²) in [4.78, 5) is 0. The predicted molar refractivity (Wildman–Crippen MR) is 46.7 cm³/mol. The van der Waals surface area contributed by atoms with E-state index in [9.17, 15) is 0 Å². The van der Waals surface area contributed by atoms with Crippen molar-refractivity contribution in [3.05, 3.63) is 23.7 Å². The van der Waals surface area contributed by atoms with Crippen molar-refractivity contribution in [2.75, 3.05) is 0 Å². The van der Waals surface area contributed by atoms with Gasteiger partial charge in [0.15, 0.2) is 0 Å². The summed E-state index contributed by atoms with van der Waals surface area (Å²) in [5.41, 5.74) is 1.35. The second-order valence-corrected chi connectivity index (χ2v) is 2.88. The highest BCUT2D eigenvalue weighted by Crippen LogP contribution is 2.10. The van der Waals surface area contributed by atoms with Gasteiger partial charge < -0.3 is 4.42 Å². The van der Waals surface area contributed by atoms with E-state index in [0.717, 1.165) is 12.2 Å². The number of hydrogen-bond donors (Lipinski definition) is 0. The zero-order chi connectivity index (χ0) is 8.10. The molecule has 0 aliphatic carbocycles. The van der Waals surface area contributed by atoms with Crippen LogP contribution in [0, 0.1) is 0 Å². The molecular weight excluding hydrogens is 136 g/mol. The Labute approximate surface area is 68.4 Å². The smallest absolute Gasteiger partial charge is 0.103 e. The fourth-order valence-electron chi connectivity index (χ4n) is 1.12. The Morgan fingerprint density at radius 2 is 2.18 bits per heavy atom. The molecule has 1 heterocycles. The maximum absolute atomic E-state index is 5.31. The second-order valence-electron chi connectivity index (χ2n) is 2.88. The summed E-state index contributed by atoms with van der Waals surface area (Å²) in [5.74, 6) is 1.11. The SMILES string of the molecule is CCCCc1coc(CC)c1. The Morgan fingerprint density at radius 3 is 2.73 bits per heavy atom. The van der Waals surface area contributed by atoms with E-state index in [-0.39, 0.29) is 0 Å². The van der Waals surface area contributed by atoms with Crippen LogP contribution in [-0.2, 0) is 12.8 Å². The summed E-state index contributed by atoms with van der Waals surface area (Å²) >= 11 is 0. The molecule has 1 nitrogen and oxygen atoms in total. The Kier molecular flexibility index (Phi) is 3.21. The molecule has 0 aromatic carbocycles. The van der Waals surface area contributed by atoms with E-state index in [2.05, 4.69) is 19.9 Å². The van der Waals surface area contributed by atoms with Crippen LogP contribution in [-0.4, -0.2) is 0 Å². The Balaban J connectivity index is 2.44. The molecule has 0 aliphatic rings. The van der Waals surface area contributed by atoms with Crippen molar-refractivity contribution in [1.82, 2.24) is 0 Å². The maximum Gasteiger partial charge on any atom is 0.103 e. The van der Waals surface area contributed by atoms with Gasteiger partial charge in [-0.3, -0.25) is 0 Å². The molecule has 0 fully saturated rings. The highest BCUT2D eigenvalue weighted by atomic mass is 16.3. The third kappa shape index (κ3) is 2.41. The van der Waals surface area contributed by atoms with E-state index < -0.39 is 0 Å². The Hall–Kier alpha value is -0.720. The van der Waals surface area contributed by atoms with Gasteiger partial charge in [0.2, 0.25) is 0 Å². The van der Waals surface area contributed by atoms with Crippen LogP contribution in [0.25, 0.3) is 0 Å². The molecule has 0 saturated heterocycles. The first kappa shape index (κ1) is 8.38. The van der Waals surface area contributed by atoms with E-state index >= 15 is 0 Å². The second kappa shape index (κ2) is 4.22. The first-order valence-electron chi connectivity index (χ1n) is 4.43. The van der Waals surface area contributed by atoms with Crippen molar-refractivity contribution >= 4 is 0 Å². The molecule has 0 amide bonds. The van der Waals surface area contributed by atoms with Gasteiger partial charge >= 0.3 is 0 Å². The average Bonchev–Trinajstić information content (AvgIpc) is 2.48. The van der Waals surface area contributed by atoms with Gasteiger partial charge in [0.05, 0.1) is 6.26 Å². The van der Waals surface area contributed by atoms with Gasteiger partial charge in [0.25, 0.3) is 0 Å². The number of rotatable bonds is 4. The van der Waals surface area contributed by atoms with Crippen molar-refractivity contribution in [1.29, 1.82) is 0 Å². The summed E-state index contributed by atoms with van der Waals surface area (Å²) in [6.45, 7) is 4.32. The molecule has 0 saturated carbocycles. The van der Waals surface area contributed by atoms with Crippen molar-refractivity contribution in [3.63, 3.8) is 0 Å². The number of unbranched alkanes of at least 4 members (excludes halogenated alkanes) is 1. The summed E-state index contributed by atoms with van der Waals surface area (Å²) < 4.78 is 5.31. The highest BCUT2D eigenvalue weighted by molar-refractivity contribution is 5.12. The lowest BCUT2D eigenvalue weighted by molar-refractivity contribution is 0.513. The van der Waals surface area contributed by atoms with Gasteiger partial charge in [-0.1, -0.05) is 20.3 Å². The lowest BCUT2D eigenvalue weighted by Crippen LogP contribution is -1.79. The maximum atomic E-state index is 5.31. The molecule has 0 bridgehead atoms. The molecule has 1 aromatic heterocycles. The van der Waals surface area contributed by atoms with Crippen LogP contribution < -0.4 is 0 Å². The van der Waals surface area contributed by atoms with Crippen LogP contribution in [0.15, 0.2) is 16.7 Å². The van der Waals surface area contributed by atoms with E-state index in [1.807, 2.05) is 6.26 Å². The van der Waals surface area contributed by atoms with Crippen LogP contribution >= 0.6 is 0 Å². The van der Waals surface area contributed by atoms with Gasteiger partial charge in [-0.2, -0.15) is 0 Å². The Morgan fingerprint density at radius 1 is 1.36 bits per heavy atom. The van der Waals surface area contributed by atoms with E-state index in [0.29, 0.717) is 0 Å². The van der Waals surface area contributed by atoms with Crippen LogP contribution in [0.2, 0.25) is 0 Å². The molecule has 0 spiro atoms. The number of aryl methyl sites for hydroxylation is 2. The lowest BCUT2D eigenvalue weighted by atomic mass is 10.1. The third-order valence-corrected chi connectivity index (χ3v) is 1.88. The molecule has 1 heteroatoms. The fourth-order valence-corrected chi connectivity index (χ4v) is 1.12. The van der Waals surface area contributed by atoms with Crippen molar-refractivity contribution < 1.29 is 4.42 Å². The summed E-state index contributed by atoms with van der Waals surface area (Å²) in [7, 11) is 0. The first-order valence-corrected chi connectivity index (χ1v) is 4.43. The monoisotopic (exact) mass is 152 g/mol. The van der Waals surface area contributed by atoms with E-state index in [1.54, 1.807) is 0 Å². The lowest BCUT2D eigenvalue weighted by Gasteiger charge is -1.90. The van der Waals surface area contributed by atoms with Gasteiger partial charge in [0, 0.05) is 6.42 Å². The fraction of sp³-hybridized carbons (Fsp3) is 0.600. The Bertz CT molecular complexity index is 200. The number of hydrogen-bond acceptors (Lipinski definition) is 1. The summed E-state index contributed by atoms with van der Waals surface area (Å²) in [6, 6.07) is 2.16. The zero-order valence-corrected chi connectivity index (χ0v) is 7.39. The third-order valence-electron chi connectivity index (χ3n) is 1.88. The normalized spacial score (nSPS) is 10.4. The molecule has 0 N–H and O–H groups in total. The van der Waals surface area contributed by atoms with Crippen LogP contribution in [0.3, 0.4) is 0 Å². The minimum Gasteiger partial charge on any atom is -0.469 e. The largest absolute Gasteiger partial charge is 0.469 e. The van der Waals surface area contributed by atoms with Gasteiger partial charge in [-0.25, -0.2) is 0 Å². The highest BCUT2D eigenvalue weighted by Gasteiger charge is 1.97. The van der Waals surface area contributed by atoms with Crippen LogP contribution in [0.4, 0.5) is 0 Å². The molecule has 11 heavy (non-hydrogen) atoms. The molecular formula is C10H16O. The topological polar surface area (TPSA) is 13.1 Å². The molecule has 1 aromatic rings. The summed E-state index contributed by atoms with van der Waals surface area (Å²) in [5, 5.41) is 0. The van der Waals surface area contributed by atoms with Crippen molar-refractivity contribution in [2.24, 2.45) is 0 Å².